The van der Waals surface area contributed by atoms with Gasteiger partial charge in [0, 0.05) is 18.1 Å². The molecule has 0 spiro atoms. The topological polar surface area (TPSA) is 81.3 Å². The Morgan fingerprint density at radius 1 is 1.29 bits per heavy atom. The summed E-state index contributed by atoms with van der Waals surface area (Å²) in [6.45, 7) is 2.17. The molecule has 0 radical (unpaired) electrons. The number of nitrogens with two attached hydrogens (primary N) is 1. The molecule has 1 saturated heterocycles. The molecule has 2 aromatic rings. The number of amides is 1. The second kappa shape index (κ2) is 7.81. The van der Waals surface area contributed by atoms with E-state index in [0.29, 0.717) is 27.7 Å². The molecule has 1 aliphatic rings. The van der Waals surface area contributed by atoms with Crippen LogP contribution < -0.4 is 10.5 Å². The first-order valence-electron chi connectivity index (χ1n) is 7.84. The number of rotatable bonds is 5. The molecule has 8 heteroatoms. The van der Waals surface area contributed by atoms with Crippen molar-refractivity contribution in [1.82, 2.24) is 15.1 Å². The van der Waals surface area contributed by atoms with Gasteiger partial charge in [0.05, 0.1) is 13.0 Å². The van der Waals surface area contributed by atoms with Gasteiger partial charge >= 0.3 is 0 Å². The maximum atomic E-state index is 12.3. The Morgan fingerprint density at radius 2 is 2.00 bits per heavy atom. The minimum atomic E-state index is 0.0863. The highest BCUT2D eigenvalue weighted by atomic mass is 35.5. The molecule has 24 heavy (non-hydrogen) atoms. The summed E-state index contributed by atoms with van der Waals surface area (Å²) < 4.78 is 5.80. The van der Waals surface area contributed by atoms with Gasteiger partial charge in [-0.25, -0.2) is 0 Å². The molecule has 1 fully saturated rings. The summed E-state index contributed by atoms with van der Waals surface area (Å²) in [6, 6.07) is 7.38. The van der Waals surface area contributed by atoms with E-state index in [1.807, 2.05) is 29.2 Å². The van der Waals surface area contributed by atoms with Crippen LogP contribution in [-0.4, -0.2) is 40.7 Å². The SMILES string of the molecule is Nc1nnc(CC(=O)N2CCC(COc3ccc(Cl)cc3)CC2)s1. The molecule has 0 atom stereocenters. The van der Waals surface area contributed by atoms with E-state index in [4.69, 9.17) is 22.1 Å². The van der Waals surface area contributed by atoms with Crippen molar-refractivity contribution in [3.8, 4) is 5.75 Å². The van der Waals surface area contributed by atoms with Crippen molar-refractivity contribution in [2.45, 2.75) is 19.3 Å². The van der Waals surface area contributed by atoms with Crippen molar-refractivity contribution in [2.75, 3.05) is 25.4 Å². The molecule has 0 saturated carbocycles. The number of halogens is 1. The first kappa shape index (κ1) is 17.0. The van der Waals surface area contributed by atoms with Gasteiger partial charge in [0.2, 0.25) is 11.0 Å². The third-order valence-electron chi connectivity index (χ3n) is 4.05. The van der Waals surface area contributed by atoms with Crippen molar-refractivity contribution in [2.24, 2.45) is 5.92 Å². The largest absolute Gasteiger partial charge is 0.493 e. The number of nitrogens with zero attached hydrogens (tertiary/aromatic N) is 3. The number of likely N-dealkylation sites (tertiary alicyclic amines) is 1. The normalized spacial score (nSPS) is 15.5. The fourth-order valence-electron chi connectivity index (χ4n) is 2.67. The Labute approximate surface area is 149 Å². The number of aromatic nitrogens is 2. The summed E-state index contributed by atoms with van der Waals surface area (Å²) in [5.74, 6) is 1.37. The highest BCUT2D eigenvalue weighted by Crippen LogP contribution is 2.22. The summed E-state index contributed by atoms with van der Waals surface area (Å²) in [4.78, 5) is 14.2. The lowest BCUT2D eigenvalue weighted by Crippen LogP contribution is -2.40. The van der Waals surface area contributed by atoms with Crippen LogP contribution in [0.5, 0.6) is 5.75 Å². The van der Waals surface area contributed by atoms with Gasteiger partial charge in [-0.1, -0.05) is 22.9 Å². The molecule has 128 valence electrons. The highest BCUT2D eigenvalue weighted by Gasteiger charge is 2.24. The molecule has 1 aromatic carbocycles. The quantitative estimate of drug-likeness (QED) is 0.879. The molecule has 2 N–H and O–H groups in total. The van der Waals surface area contributed by atoms with Crippen LogP contribution in [0.15, 0.2) is 24.3 Å². The second-order valence-corrected chi connectivity index (χ2v) is 7.33. The van der Waals surface area contributed by atoms with Crippen molar-refractivity contribution in [3.63, 3.8) is 0 Å². The van der Waals surface area contributed by atoms with Crippen LogP contribution in [-0.2, 0) is 11.2 Å². The molecule has 0 unspecified atom stereocenters. The zero-order valence-corrected chi connectivity index (χ0v) is 14.7. The predicted octanol–water partition coefficient (Wildman–Crippen LogP) is 2.63. The van der Waals surface area contributed by atoms with Crippen molar-refractivity contribution in [3.05, 3.63) is 34.3 Å². The Morgan fingerprint density at radius 3 is 2.62 bits per heavy atom. The minimum absolute atomic E-state index is 0.0863. The van der Waals surface area contributed by atoms with Crippen LogP contribution in [0.2, 0.25) is 5.02 Å². The number of ether oxygens (including phenoxy) is 1. The van der Waals surface area contributed by atoms with Crippen molar-refractivity contribution in [1.29, 1.82) is 0 Å². The zero-order chi connectivity index (χ0) is 16.9. The Bertz CT molecular complexity index is 684. The molecular formula is C16H19ClN4O2S. The standard InChI is InChI=1S/C16H19ClN4O2S/c17-12-1-3-13(4-2-12)23-10-11-5-7-21(8-6-11)15(22)9-14-19-20-16(18)24-14/h1-4,11H,5-10H2,(H2,18,20). The molecule has 0 bridgehead atoms. The monoisotopic (exact) mass is 366 g/mol. The summed E-state index contributed by atoms with van der Waals surface area (Å²) in [7, 11) is 0. The van der Waals surface area contributed by atoms with E-state index in [1.165, 1.54) is 11.3 Å². The van der Waals surface area contributed by atoms with E-state index in [9.17, 15) is 4.79 Å². The van der Waals surface area contributed by atoms with Crippen LogP contribution in [0.25, 0.3) is 0 Å². The van der Waals surface area contributed by atoms with Crippen LogP contribution in [0.4, 0.5) is 5.13 Å². The fourth-order valence-corrected chi connectivity index (χ4v) is 3.40. The maximum Gasteiger partial charge on any atom is 0.229 e. The van der Waals surface area contributed by atoms with Gasteiger partial charge in [-0.05, 0) is 43.0 Å². The van der Waals surface area contributed by atoms with Crippen LogP contribution in [0, 0.1) is 5.92 Å². The third-order valence-corrected chi connectivity index (χ3v) is 5.06. The number of hydrogen-bond donors (Lipinski definition) is 1. The maximum absolute atomic E-state index is 12.3. The number of hydrogen-bond acceptors (Lipinski definition) is 6. The summed E-state index contributed by atoms with van der Waals surface area (Å²) in [5.41, 5.74) is 5.54. The predicted molar refractivity (Wildman–Crippen MR) is 94.3 cm³/mol. The van der Waals surface area contributed by atoms with Gasteiger partial charge in [0.15, 0.2) is 0 Å². The van der Waals surface area contributed by atoms with E-state index in [0.717, 1.165) is 31.7 Å². The van der Waals surface area contributed by atoms with E-state index < -0.39 is 0 Å². The lowest BCUT2D eigenvalue weighted by Gasteiger charge is -2.31. The lowest BCUT2D eigenvalue weighted by molar-refractivity contribution is -0.132. The minimum Gasteiger partial charge on any atom is -0.493 e. The lowest BCUT2D eigenvalue weighted by atomic mass is 9.97. The smallest absolute Gasteiger partial charge is 0.229 e. The highest BCUT2D eigenvalue weighted by molar-refractivity contribution is 7.15. The molecule has 1 amide bonds. The molecule has 0 aliphatic carbocycles. The van der Waals surface area contributed by atoms with Gasteiger partial charge < -0.3 is 15.4 Å². The average molecular weight is 367 g/mol. The Balaban J connectivity index is 1.42. The average Bonchev–Trinajstić information content (AvgIpc) is 2.99. The second-order valence-electron chi connectivity index (χ2n) is 5.80. The Kier molecular flexibility index (Phi) is 5.52. The number of anilines is 1. The van der Waals surface area contributed by atoms with E-state index in [1.54, 1.807) is 0 Å². The number of carbonyl (C=O) groups is 1. The fraction of sp³-hybridized carbons (Fsp3) is 0.438. The first-order chi connectivity index (χ1) is 11.6. The van der Waals surface area contributed by atoms with Crippen LogP contribution in [0.1, 0.15) is 17.8 Å². The van der Waals surface area contributed by atoms with Crippen molar-refractivity contribution < 1.29 is 9.53 Å². The molecule has 6 nitrogen and oxygen atoms in total. The third kappa shape index (κ3) is 4.58. The molecule has 3 rings (SSSR count). The summed E-state index contributed by atoms with van der Waals surface area (Å²) in [5, 5.41) is 9.41. The first-order valence-corrected chi connectivity index (χ1v) is 9.03. The molecular weight excluding hydrogens is 348 g/mol. The van der Waals surface area contributed by atoms with E-state index >= 15 is 0 Å². The van der Waals surface area contributed by atoms with Crippen LogP contribution in [0.3, 0.4) is 0 Å². The number of carbonyl (C=O) groups excluding carboxylic acids is 1. The van der Waals surface area contributed by atoms with Crippen LogP contribution >= 0.6 is 22.9 Å². The van der Waals surface area contributed by atoms with Gasteiger partial charge in [-0.15, -0.1) is 10.2 Å². The molecule has 2 heterocycles. The summed E-state index contributed by atoms with van der Waals surface area (Å²) in [6.07, 6.45) is 2.16. The van der Waals surface area contributed by atoms with E-state index in [2.05, 4.69) is 10.2 Å². The zero-order valence-electron chi connectivity index (χ0n) is 13.2. The van der Waals surface area contributed by atoms with E-state index in [-0.39, 0.29) is 12.3 Å². The molecule has 1 aliphatic heterocycles. The van der Waals surface area contributed by atoms with Gasteiger partial charge in [0.25, 0.3) is 0 Å². The number of benzene rings is 1. The van der Waals surface area contributed by atoms with Gasteiger partial charge in [-0.2, -0.15) is 0 Å². The van der Waals surface area contributed by atoms with Crippen molar-refractivity contribution >= 4 is 34.0 Å². The van der Waals surface area contributed by atoms with Gasteiger partial charge in [0.1, 0.15) is 10.8 Å². The number of nitrogen functional groups attached to an aromatic ring is 1. The number of piperidine rings is 1. The molecule has 1 aromatic heterocycles. The van der Waals surface area contributed by atoms with Gasteiger partial charge in [-0.3, -0.25) is 4.79 Å². The Hall–Kier alpha value is -1.86. The summed E-state index contributed by atoms with van der Waals surface area (Å²) >= 11 is 7.12.